The Balaban J connectivity index is 1.74. The molecule has 0 aliphatic heterocycles. The quantitative estimate of drug-likeness (QED) is 0.597. The Labute approximate surface area is 125 Å². The van der Waals surface area contributed by atoms with Gasteiger partial charge in [0.15, 0.2) is 17.4 Å². The van der Waals surface area contributed by atoms with Crippen molar-refractivity contribution >= 4 is 23.6 Å². The number of aromatic nitrogens is 3. The fraction of sp³-hybridized carbons (Fsp3) is 0.0625. The minimum atomic E-state index is -0.410. The van der Waals surface area contributed by atoms with E-state index in [9.17, 15) is 4.39 Å². The summed E-state index contributed by atoms with van der Waals surface area (Å²) in [5, 5.41) is 0.747. The van der Waals surface area contributed by atoms with Gasteiger partial charge >= 0.3 is 0 Å². The Morgan fingerprint density at radius 1 is 1.32 bits per heavy atom. The van der Waals surface area contributed by atoms with E-state index in [2.05, 4.69) is 38.5 Å². The smallest absolute Gasteiger partial charge is 0.165 e. The molecule has 3 rings (SSSR count). The van der Waals surface area contributed by atoms with Crippen LogP contribution in [0.25, 0.3) is 11.0 Å². The molecule has 2 heterocycles. The predicted octanol–water partition coefficient (Wildman–Crippen LogP) is 2.86. The molecule has 5 nitrogen and oxygen atoms in total. The summed E-state index contributed by atoms with van der Waals surface area (Å²) in [4.78, 5) is 15.0. The molecule has 0 amide bonds. The number of rotatable bonds is 3. The van der Waals surface area contributed by atoms with E-state index < -0.39 is 5.82 Å². The van der Waals surface area contributed by atoms with Crippen LogP contribution in [0.15, 0.2) is 41.7 Å². The Bertz CT molecular complexity index is 892. The minimum Gasteiger partial charge on any atom is -0.478 e. The second-order valence-corrected chi connectivity index (χ2v) is 4.32. The number of halogens is 1. The van der Waals surface area contributed by atoms with Crippen LogP contribution in [0, 0.1) is 17.7 Å². The lowest BCUT2D eigenvalue weighted by Crippen LogP contribution is -1.96. The van der Waals surface area contributed by atoms with Gasteiger partial charge in [-0.05, 0) is 30.8 Å². The van der Waals surface area contributed by atoms with Gasteiger partial charge < -0.3 is 9.72 Å². The van der Waals surface area contributed by atoms with Crippen LogP contribution in [-0.4, -0.2) is 28.3 Å². The molecule has 0 unspecified atom stereocenters. The van der Waals surface area contributed by atoms with E-state index in [-0.39, 0.29) is 12.4 Å². The lowest BCUT2D eigenvalue weighted by Gasteiger charge is -2.01. The van der Waals surface area contributed by atoms with Crippen molar-refractivity contribution in [2.45, 2.75) is 0 Å². The van der Waals surface area contributed by atoms with Crippen molar-refractivity contribution in [2.75, 3.05) is 6.61 Å². The molecule has 0 saturated carbocycles. The molecule has 1 N–H and O–H groups in total. The maximum atomic E-state index is 13.4. The van der Waals surface area contributed by atoms with Crippen LogP contribution in [0.3, 0.4) is 0 Å². The maximum Gasteiger partial charge on any atom is 0.165 e. The van der Waals surface area contributed by atoms with E-state index in [0.717, 1.165) is 5.39 Å². The van der Waals surface area contributed by atoms with Crippen LogP contribution in [0.2, 0.25) is 0 Å². The molecule has 108 valence electrons. The van der Waals surface area contributed by atoms with Gasteiger partial charge in [0.05, 0.1) is 11.1 Å². The molecule has 1 aromatic carbocycles. The zero-order valence-corrected chi connectivity index (χ0v) is 11.5. The van der Waals surface area contributed by atoms with E-state index >= 15 is 0 Å². The summed E-state index contributed by atoms with van der Waals surface area (Å²) in [6.45, 7) is 3.54. The van der Waals surface area contributed by atoms with Gasteiger partial charge in [-0.15, -0.1) is 0 Å². The van der Waals surface area contributed by atoms with Gasteiger partial charge in [0, 0.05) is 0 Å². The fourth-order valence-corrected chi connectivity index (χ4v) is 1.93. The fourth-order valence-electron chi connectivity index (χ4n) is 1.93. The molecule has 0 atom stereocenters. The van der Waals surface area contributed by atoms with Crippen molar-refractivity contribution in [1.82, 2.24) is 15.0 Å². The number of fused-ring (bicyclic) bond motifs is 1. The molecule has 2 aromatic heterocycles. The first-order valence-corrected chi connectivity index (χ1v) is 6.44. The van der Waals surface area contributed by atoms with E-state index in [1.165, 1.54) is 12.4 Å². The van der Waals surface area contributed by atoms with Crippen LogP contribution in [0.5, 0.6) is 5.75 Å². The van der Waals surface area contributed by atoms with E-state index in [1.54, 1.807) is 24.3 Å². The number of aromatic amines is 1. The summed E-state index contributed by atoms with van der Waals surface area (Å²) < 4.78 is 18.6. The number of hydrogen-bond donors (Lipinski definition) is 1. The second-order valence-electron chi connectivity index (χ2n) is 4.32. The van der Waals surface area contributed by atoms with Gasteiger partial charge in [-0.3, -0.25) is 0 Å². The highest BCUT2D eigenvalue weighted by atomic mass is 19.1. The SMILES string of the molecule is C=Nc1ncnc2[nH]c(C#CCOc3ccccc3F)cc12. The number of ether oxygens (including phenoxy) is 1. The molecule has 0 fully saturated rings. The Hall–Kier alpha value is -3.20. The number of benzene rings is 1. The van der Waals surface area contributed by atoms with Crippen molar-refractivity contribution in [3.8, 4) is 17.6 Å². The molecular formula is C16H11FN4O. The summed E-state index contributed by atoms with van der Waals surface area (Å²) in [5.74, 6) is 5.97. The molecule has 0 bridgehead atoms. The molecule has 22 heavy (non-hydrogen) atoms. The van der Waals surface area contributed by atoms with Crippen LogP contribution in [0.4, 0.5) is 10.2 Å². The molecule has 0 saturated heterocycles. The second kappa shape index (κ2) is 6.06. The molecule has 0 radical (unpaired) electrons. The zero-order chi connectivity index (χ0) is 15.4. The first-order chi connectivity index (χ1) is 10.8. The lowest BCUT2D eigenvalue weighted by atomic mass is 10.3. The van der Waals surface area contributed by atoms with Gasteiger partial charge in [-0.2, -0.15) is 0 Å². The largest absolute Gasteiger partial charge is 0.478 e. The highest BCUT2D eigenvalue weighted by Crippen LogP contribution is 2.21. The third-order valence-electron chi connectivity index (χ3n) is 2.91. The van der Waals surface area contributed by atoms with E-state index in [4.69, 9.17) is 4.74 Å². The van der Waals surface area contributed by atoms with Crippen LogP contribution >= 0.6 is 0 Å². The number of aliphatic imine (C=N–C) groups is 1. The number of nitrogens with zero attached hydrogens (tertiary/aromatic N) is 3. The number of para-hydroxylation sites is 1. The third-order valence-corrected chi connectivity index (χ3v) is 2.91. The summed E-state index contributed by atoms with van der Waals surface area (Å²) >= 11 is 0. The van der Waals surface area contributed by atoms with E-state index in [0.29, 0.717) is 17.2 Å². The molecule has 0 aliphatic rings. The average molecular weight is 294 g/mol. The molecule has 0 spiro atoms. The lowest BCUT2D eigenvalue weighted by molar-refractivity contribution is 0.348. The monoisotopic (exact) mass is 294 g/mol. The molecule has 0 aliphatic carbocycles. The summed E-state index contributed by atoms with van der Waals surface area (Å²) in [7, 11) is 0. The molecular weight excluding hydrogens is 283 g/mol. The van der Waals surface area contributed by atoms with Crippen molar-refractivity contribution in [1.29, 1.82) is 0 Å². The highest BCUT2D eigenvalue weighted by Gasteiger charge is 2.05. The minimum absolute atomic E-state index is 0.0779. The van der Waals surface area contributed by atoms with Gasteiger partial charge in [0.25, 0.3) is 0 Å². The van der Waals surface area contributed by atoms with Crippen molar-refractivity contribution in [2.24, 2.45) is 4.99 Å². The van der Waals surface area contributed by atoms with Crippen molar-refractivity contribution < 1.29 is 9.13 Å². The van der Waals surface area contributed by atoms with Gasteiger partial charge in [0.1, 0.15) is 18.6 Å². The normalized spacial score (nSPS) is 10.0. The van der Waals surface area contributed by atoms with Crippen LogP contribution < -0.4 is 4.74 Å². The summed E-state index contributed by atoms with van der Waals surface area (Å²) in [6.07, 6.45) is 1.40. The Kier molecular flexibility index (Phi) is 3.79. The van der Waals surface area contributed by atoms with E-state index in [1.807, 2.05) is 0 Å². The van der Waals surface area contributed by atoms with Crippen molar-refractivity contribution in [3.63, 3.8) is 0 Å². The van der Waals surface area contributed by atoms with Crippen LogP contribution in [0.1, 0.15) is 5.69 Å². The van der Waals surface area contributed by atoms with Gasteiger partial charge in [-0.1, -0.05) is 18.1 Å². The molecule has 6 heteroatoms. The van der Waals surface area contributed by atoms with Gasteiger partial charge in [-0.25, -0.2) is 19.4 Å². The molecule has 3 aromatic rings. The number of nitrogens with one attached hydrogen (secondary N) is 1. The predicted molar refractivity (Wildman–Crippen MR) is 81.9 cm³/mol. The first kappa shape index (κ1) is 13.8. The first-order valence-electron chi connectivity index (χ1n) is 6.44. The standard InChI is InChI=1S/C16H11FN4O/c1-18-15-12-9-11(21-16(12)20-10-19-15)5-4-8-22-14-7-3-2-6-13(14)17/h2-3,6-7,9-10H,1,8H2,(H,19,20,21). The van der Waals surface area contributed by atoms with Crippen LogP contribution in [-0.2, 0) is 0 Å². The summed E-state index contributed by atoms with van der Waals surface area (Å²) in [6, 6.07) is 7.98. The number of H-pyrrole nitrogens is 1. The topological polar surface area (TPSA) is 63.2 Å². The van der Waals surface area contributed by atoms with Gasteiger partial charge in [0.2, 0.25) is 0 Å². The Morgan fingerprint density at radius 3 is 3.00 bits per heavy atom. The number of hydrogen-bond acceptors (Lipinski definition) is 4. The highest BCUT2D eigenvalue weighted by molar-refractivity contribution is 5.87. The van der Waals surface area contributed by atoms with Crippen molar-refractivity contribution in [3.05, 3.63) is 48.2 Å². The maximum absolute atomic E-state index is 13.4. The average Bonchev–Trinajstić information content (AvgIpc) is 2.96. The third kappa shape index (κ3) is 2.79. The zero-order valence-electron chi connectivity index (χ0n) is 11.5. The summed E-state index contributed by atoms with van der Waals surface area (Å²) in [5.41, 5.74) is 1.29. The Morgan fingerprint density at radius 2 is 2.18 bits per heavy atom.